The van der Waals surface area contributed by atoms with Gasteiger partial charge >= 0.3 is 0 Å². The number of hydrogen-bond acceptors (Lipinski definition) is 4. The quantitative estimate of drug-likeness (QED) is 0.728. The molecule has 2 aromatic rings. The Hall–Kier alpha value is -2.41. The number of nitrogens with zero attached hydrogens (tertiary/aromatic N) is 3. The number of para-hydroxylation sites is 1. The highest BCUT2D eigenvalue weighted by Crippen LogP contribution is 2.29. The Morgan fingerprint density at radius 2 is 2.11 bits per heavy atom. The molecule has 1 aliphatic carbocycles. The van der Waals surface area contributed by atoms with Crippen molar-refractivity contribution in [2.75, 3.05) is 13.1 Å². The van der Waals surface area contributed by atoms with Crippen LogP contribution in [0.1, 0.15) is 31.4 Å². The van der Waals surface area contributed by atoms with E-state index in [-0.39, 0.29) is 5.92 Å². The van der Waals surface area contributed by atoms with Crippen LogP contribution in [0.15, 0.2) is 36.5 Å². The molecule has 6 rings (SSSR count). The normalized spacial score (nSPS) is 28.9. The summed E-state index contributed by atoms with van der Waals surface area (Å²) in [5, 5.41) is 11.8. The number of rotatable bonds is 7. The minimum absolute atomic E-state index is 0.200. The van der Waals surface area contributed by atoms with Gasteiger partial charge in [0.2, 0.25) is 5.91 Å². The Bertz CT molecular complexity index is 819. The summed E-state index contributed by atoms with van der Waals surface area (Å²) in [4.78, 5) is 14.1. The fourth-order valence-corrected chi connectivity index (χ4v) is 4.75. The van der Waals surface area contributed by atoms with Crippen LogP contribution >= 0.6 is 0 Å². The van der Waals surface area contributed by atoms with Gasteiger partial charge in [0.05, 0.1) is 31.7 Å². The molecule has 3 aliphatic heterocycles. The number of hydrogen-bond donors (Lipinski definition) is 2. The van der Waals surface area contributed by atoms with Gasteiger partial charge in [0, 0.05) is 18.9 Å². The minimum atomic E-state index is 0.200. The molecule has 1 unspecified atom stereocenters. The summed E-state index contributed by atoms with van der Waals surface area (Å²) in [6.07, 6.45) is 6.58. The fraction of sp³-hybridized carbons (Fsp3) is 0.571. The van der Waals surface area contributed by atoms with Gasteiger partial charge in [-0.1, -0.05) is 23.4 Å². The second-order valence-corrected chi connectivity index (χ2v) is 8.52. The van der Waals surface area contributed by atoms with Gasteiger partial charge in [0.25, 0.3) is 0 Å². The number of carbonyl (C=O) groups excluding carboxylic acids is 1. The molecule has 4 aliphatic rings. The van der Waals surface area contributed by atoms with Gasteiger partial charge in [-0.3, -0.25) is 4.79 Å². The zero-order valence-electron chi connectivity index (χ0n) is 16.1. The third-order valence-corrected chi connectivity index (χ3v) is 6.44. The van der Waals surface area contributed by atoms with E-state index in [9.17, 15) is 4.79 Å². The van der Waals surface area contributed by atoms with Gasteiger partial charge in [0.15, 0.2) is 0 Å². The van der Waals surface area contributed by atoms with E-state index in [1.54, 1.807) is 4.90 Å². The van der Waals surface area contributed by atoms with Gasteiger partial charge in [-0.15, -0.1) is 5.10 Å². The first-order valence-electron chi connectivity index (χ1n) is 10.5. The summed E-state index contributed by atoms with van der Waals surface area (Å²) < 4.78 is 7.70. The van der Waals surface area contributed by atoms with Crippen molar-refractivity contribution in [2.45, 2.75) is 50.9 Å². The van der Waals surface area contributed by atoms with E-state index in [2.05, 4.69) is 15.6 Å². The van der Waals surface area contributed by atoms with Gasteiger partial charge in [-0.25, -0.2) is 4.68 Å². The second kappa shape index (κ2) is 7.54. The lowest BCUT2D eigenvalue weighted by molar-refractivity contribution is -0.945. The molecular formula is C21H28N5O2+. The molecule has 1 amide bonds. The van der Waals surface area contributed by atoms with Crippen molar-refractivity contribution >= 4 is 5.91 Å². The largest absolute Gasteiger partial charge is 0.487 e. The van der Waals surface area contributed by atoms with E-state index >= 15 is 0 Å². The Balaban J connectivity index is 1.15. The molecule has 148 valence electrons. The van der Waals surface area contributed by atoms with Crippen LogP contribution in [0.5, 0.6) is 5.75 Å². The van der Waals surface area contributed by atoms with E-state index in [1.807, 2.05) is 41.2 Å². The first kappa shape index (κ1) is 17.7. The van der Waals surface area contributed by atoms with Crippen molar-refractivity contribution in [3.8, 4) is 5.75 Å². The van der Waals surface area contributed by atoms with Crippen molar-refractivity contribution in [1.82, 2.24) is 20.3 Å². The number of amides is 1. The molecule has 1 aromatic heterocycles. The van der Waals surface area contributed by atoms with E-state index in [0.29, 0.717) is 30.5 Å². The molecule has 2 bridgehead atoms. The van der Waals surface area contributed by atoms with Crippen LogP contribution in [-0.4, -0.2) is 46.1 Å². The molecular weight excluding hydrogens is 354 g/mol. The van der Waals surface area contributed by atoms with Crippen LogP contribution in [0.3, 0.4) is 0 Å². The topological polar surface area (TPSA) is 73.5 Å². The predicted octanol–water partition coefficient (Wildman–Crippen LogP) is 0.429. The monoisotopic (exact) mass is 382 g/mol. The summed E-state index contributed by atoms with van der Waals surface area (Å²) >= 11 is 0. The zero-order valence-corrected chi connectivity index (χ0v) is 16.1. The molecule has 0 radical (unpaired) electrons. The van der Waals surface area contributed by atoms with Crippen molar-refractivity contribution in [3.05, 3.63) is 42.2 Å². The molecule has 1 saturated carbocycles. The van der Waals surface area contributed by atoms with Crippen LogP contribution in [0.4, 0.5) is 0 Å². The SMILES string of the molecule is O=C(NC1CC1)[C@H]1C[NH+]2CC[C@H]1C[C@@H]2Cn1cc(COc2ccccc2)nn1. The maximum Gasteiger partial charge on any atom is 0.229 e. The van der Waals surface area contributed by atoms with Crippen molar-refractivity contribution < 1.29 is 14.4 Å². The third-order valence-electron chi connectivity index (χ3n) is 6.44. The highest BCUT2D eigenvalue weighted by Gasteiger charge is 2.47. The van der Waals surface area contributed by atoms with Crippen LogP contribution in [0, 0.1) is 11.8 Å². The van der Waals surface area contributed by atoms with E-state index in [4.69, 9.17) is 4.74 Å². The number of aromatic nitrogens is 3. The average molecular weight is 382 g/mol. The highest BCUT2D eigenvalue weighted by molar-refractivity contribution is 5.79. The molecule has 4 atom stereocenters. The standard InChI is InChI=1S/C21H27N5O2/c27-21(22-16-6-7-16)20-13-25-9-8-15(20)10-18(25)12-26-11-17(23-24-26)14-28-19-4-2-1-3-5-19/h1-5,11,15-16,18,20H,6-10,12-14H2,(H,22,27)/p+1/t15-,18+,20-/m0/s1. The molecule has 4 fully saturated rings. The Morgan fingerprint density at radius 3 is 2.86 bits per heavy atom. The molecule has 7 nitrogen and oxygen atoms in total. The summed E-state index contributed by atoms with van der Waals surface area (Å²) in [5.74, 6) is 1.86. The smallest absolute Gasteiger partial charge is 0.229 e. The first-order valence-corrected chi connectivity index (χ1v) is 10.5. The molecule has 7 heteroatoms. The maximum atomic E-state index is 12.5. The van der Waals surface area contributed by atoms with Crippen LogP contribution in [0.25, 0.3) is 0 Å². The average Bonchev–Trinajstić information content (AvgIpc) is 3.44. The summed E-state index contributed by atoms with van der Waals surface area (Å²) in [5.41, 5.74) is 0.844. The van der Waals surface area contributed by atoms with E-state index < -0.39 is 0 Å². The number of ether oxygens (including phenoxy) is 1. The van der Waals surface area contributed by atoms with E-state index in [1.165, 1.54) is 13.0 Å². The molecule has 1 aromatic carbocycles. The molecule has 28 heavy (non-hydrogen) atoms. The number of quaternary nitrogens is 1. The van der Waals surface area contributed by atoms with Crippen molar-refractivity contribution in [3.63, 3.8) is 0 Å². The Morgan fingerprint density at radius 1 is 1.25 bits per heavy atom. The summed E-state index contributed by atoms with van der Waals surface area (Å²) in [6.45, 7) is 3.42. The highest BCUT2D eigenvalue weighted by atomic mass is 16.5. The van der Waals surface area contributed by atoms with Crippen molar-refractivity contribution in [2.24, 2.45) is 11.8 Å². The van der Waals surface area contributed by atoms with E-state index in [0.717, 1.165) is 43.8 Å². The van der Waals surface area contributed by atoms with Gasteiger partial charge in [0.1, 0.15) is 24.1 Å². The number of nitrogens with one attached hydrogen (secondary N) is 2. The predicted molar refractivity (Wildman–Crippen MR) is 103 cm³/mol. The third kappa shape index (κ3) is 3.90. The van der Waals surface area contributed by atoms with Gasteiger partial charge in [-0.2, -0.15) is 0 Å². The maximum absolute atomic E-state index is 12.5. The summed E-state index contributed by atoms with van der Waals surface area (Å²) in [6, 6.07) is 10.7. The second-order valence-electron chi connectivity index (χ2n) is 8.52. The number of fused-ring (bicyclic) bond motifs is 3. The van der Waals surface area contributed by atoms with Gasteiger partial charge in [-0.05, 0) is 30.9 Å². The lowest BCUT2D eigenvalue weighted by atomic mass is 9.75. The first-order chi connectivity index (χ1) is 13.7. The summed E-state index contributed by atoms with van der Waals surface area (Å²) in [7, 11) is 0. The van der Waals surface area contributed by atoms with Crippen molar-refractivity contribution in [1.29, 1.82) is 0 Å². The molecule has 3 saturated heterocycles. The molecule has 0 spiro atoms. The zero-order chi connectivity index (χ0) is 18.9. The number of carbonyl (C=O) groups is 1. The van der Waals surface area contributed by atoms with Crippen LogP contribution < -0.4 is 15.0 Å². The lowest BCUT2D eigenvalue weighted by Crippen LogP contribution is -3.20. The van der Waals surface area contributed by atoms with Crippen LogP contribution in [-0.2, 0) is 17.9 Å². The number of piperidine rings is 3. The Labute approximate surface area is 165 Å². The fourth-order valence-electron chi connectivity index (χ4n) is 4.75. The van der Waals surface area contributed by atoms with Gasteiger partial charge < -0.3 is 15.0 Å². The number of benzene rings is 1. The lowest BCUT2D eigenvalue weighted by Gasteiger charge is -2.46. The molecule has 4 heterocycles. The van der Waals surface area contributed by atoms with Crippen LogP contribution in [0.2, 0.25) is 0 Å². The Kier molecular flexibility index (Phi) is 4.76. The minimum Gasteiger partial charge on any atom is -0.487 e. The molecule has 2 N–H and O–H groups in total.